The highest BCUT2D eigenvalue weighted by molar-refractivity contribution is 5.76. The van der Waals surface area contributed by atoms with Gasteiger partial charge in [0.05, 0.1) is 24.7 Å². The zero-order valence-corrected chi connectivity index (χ0v) is 10.9. The SMILES string of the molecule is CCC(CO)NC(=O)Cn1cnc2c1CCCC2. The number of carbonyl (C=O) groups is 1. The van der Waals surface area contributed by atoms with Crippen molar-refractivity contribution in [2.75, 3.05) is 6.61 Å². The molecule has 0 aliphatic heterocycles. The number of aromatic nitrogens is 2. The van der Waals surface area contributed by atoms with Crippen LogP contribution in [0.5, 0.6) is 0 Å². The van der Waals surface area contributed by atoms with E-state index in [9.17, 15) is 4.79 Å². The van der Waals surface area contributed by atoms with Crippen molar-refractivity contribution in [3.8, 4) is 0 Å². The van der Waals surface area contributed by atoms with E-state index in [4.69, 9.17) is 5.11 Å². The fraction of sp³-hybridized carbons (Fsp3) is 0.692. The summed E-state index contributed by atoms with van der Waals surface area (Å²) in [5.74, 6) is -0.0540. The summed E-state index contributed by atoms with van der Waals surface area (Å²) in [5, 5.41) is 11.9. The normalized spacial score (nSPS) is 16.1. The zero-order valence-electron chi connectivity index (χ0n) is 10.9. The van der Waals surface area contributed by atoms with Crippen LogP contribution in [0.15, 0.2) is 6.33 Å². The van der Waals surface area contributed by atoms with E-state index in [1.807, 2.05) is 11.5 Å². The van der Waals surface area contributed by atoms with Crippen molar-refractivity contribution in [3.63, 3.8) is 0 Å². The molecule has 0 saturated heterocycles. The van der Waals surface area contributed by atoms with Gasteiger partial charge in [-0.15, -0.1) is 0 Å². The number of fused-ring (bicyclic) bond motifs is 1. The molecule has 2 rings (SSSR count). The molecule has 1 atom stereocenters. The van der Waals surface area contributed by atoms with E-state index < -0.39 is 0 Å². The third-order valence-electron chi connectivity index (χ3n) is 3.50. The number of aliphatic hydroxyl groups is 1. The highest BCUT2D eigenvalue weighted by atomic mass is 16.3. The summed E-state index contributed by atoms with van der Waals surface area (Å²) in [6, 6.07) is -0.142. The molecule has 0 saturated carbocycles. The number of nitrogens with zero attached hydrogens (tertiary/aromatic N) is 2. The number of rotatable bonds is 5. The van der Waals surface area contributed by atoms with Crippen LogP contribution in [0.1, 0.15) is 37.6 Å². The number of imidazole rings is 1. The number of nitrogens with one attached hydrogen (secondary N) is 1. The van der Waals surface area contributed by atoms with Crippen molar-refractivity contribution in [3.05, 3.63) is 17.7 Å². The fourth-order valence-corrected chi connectivity index (χ4v) is 2.37. The Labute approximate surface area is 107 Å². The Morgan fingerprint density at radius 2 is 2.33 bits per heavy atom. The molecule has 1 amide bonds. The molecule has 1 aromatic rings. The van der Waals surface area contributed by atoms with Gasteiger partial charge in [-0.2, -0.15) is 0 Å². The van der Waals surface area contributed by atoms with Crippen LogP contribution in [0.4, 0.5) is 0 Å². The average molecular weight is 251 g/mol. The van der Waals surface area contributed by atoms with Gasteiger partial charge >= 0.3 is 0 Å². The first-order chi connectivity index (χ1) is 8.74. The van der Waals surface area contributed by atoms with Crippen molar-refractivity contribution in [2.24, 2.45) is 0 Å². The minimum absolute atomic E-state index is 0.00965. The summed E-state index contributed by atoms with van der Waals surface area (Å²) < 4.78 is 1.94. The lowest BCUT2D eigenvalue weighted by molar-refractivity contribution is -0.122. The van der Waals surface area contributed by atoms with Gasteiger partial charge in [0.15, 0.2) is 0 Å². The molecule has 1 unspecified atom stereocenters. The van der Waals surface area contributed by atoms with E-state index >= 15 is 0 Å². The Balaban J connectivity index is 1.97. The molecule has 100 valence electrons. The van der Waals surface area contributed by atoms with E-state index in [1.165, 1.54) is 18.5 Å². The van der Waals surface area contributed by atoms with Crippen LogP contribution in [0.25, 0.3) is 0 Å². The van der Waals surface area contributed by atoms with Gasteiger partial charge in [0.1, 0.15) is 6.54 Å². The molecule has 2 N–H and O–H groups in total. The van der Waals surface area contributed by atoms with Gasteiger partial charge in [-0.25, -0.2) is 4.98 Å². The smallest absolute Gasteiger partial charge is 0.240 e. The van der Waals surface area contributed by atoms with Crippen molar-refractivity contribution in [2.45, 2.75) is 51.6 Å². The van der Waals surface area contributed by atoms with Crippen molar-refractivity contribution >= 4 is 5.91 Å². The lowest BCUT2D eigenvalue weighted by Gasteiger charge is -2.16. The Bertz CT molecular complexity index is 410. The predicted octanol–water partition coefficient (Wildman–Crippen LogP) is 0.649. The summed E-state index contributed by atoms with van der Waals surface area (Å²) in [4.78, 5) is 16.2. The highest BCUT2D eigenvalue weighted by Gasteiger charge is 2.17. The van der Waals surface area contributed by atoms with Gasteiger partial charge in [-0.3, -0.25) is 4.79 Å². The van der Waals surface area contributed by atoms with Gasteiger partial charge in [0.2, 0.25) is 5.91 Å². The monoisotopic (exact) mass is 251 g/mol. The van der Waals surface area contributed by atoms with Gasteiger partial charge in [0.25, 0.3) is 0 Å². The topological polar surface area (TPSA) is 67.2 Å². The first-order valence-corrected chi connectivity index (χ1v) is 6.67. The van der Waals surface area contributed by atoms with E-state index in [1.54, 1.807) is 6.33 Å². The minimum Gasteiger partial charge on any atom is -0.394 e. The Morgan fingerprint density at radius 1 is 1.56 bits per heavy atom. The summed E-state index contributed by atoms with van der Waals surface area (Å²) in [6.07, 6.45) is 6.91. The first kappa shape index (κ1) is 13.1. The first-order valence-electron chi connectivity index (χ1n) is 6.67. The molecular weight excluding hydrogens is 230 g/mol. The third kappa shape index (κ3) is 2.90. The predicted molar refractivity (Wildman–Crippen MR) is 68.2 cm³/mol. The molecule has 5 nitrogen and oxygen atoms in total. The lowest BCUT2D eigenvalue weighted by atomic mass is 10.0. The van der Waals surface area contributed by atoms with Crippen LogP contribution in [-0.2, 0) is 24.2 Å². The molecule has 0 bridgehead atoms. The van der Waals surface area contributed by atoms with Gasteiger partial charge in [-0.05, 0) is 32.1 Å². The number of hydrogen-bond acceptors (Lipinski definition) is 3. The largest absolute Gasteiger partial charge is 0.394 e. The van der Waals surface area contributed by atoms with Crippen LogP contribution in [0.3, 0.4) is 0 Å². The molecule has 18 heavy (non-hydrogen) atoms. The zero-order chi connectivity index (χ0) is 13.0. The third-order valence-corrected chi connectivity index (χ3v) is 3.50. The van der Waals surface area contributed by atoms with Crippen LogP contribution in [0.2, 0.25) is 0 Å². The highest BCUT2D eigenvalue weighted by Crippen LogP contribution is 2.19. The van der Waals surface area contributed by atoms with E-state index in [-0.39, 0.29) is 18.6 Å². The number of carbonyl (C=O) groups excluding carboxylic acids is 1. The van der Waals surface area contributed by atoms with E-state index in [2.05, 4.69) is 10.3 Å². The van der Waals surface area contributed by atoms with E-state index in [0.717, 1.165) is 25.0 Å². The fourth-order valence-electron chi connectivity index (χ4n) is 2.37. The average Bonchev–Trinajstić information content (AvgIpc) is 2.79. The quantitative estimate of drug-likeness (QED) is 0.807. The molecule has 0 radical (unpaired) electrons. The Hall–Kier alpha value is -1.36. The number of aliphatic hydroxyl groups excluding tert-OH is 1. The molecular formula is C13H21N3O2. The molecule has 0 aromatic carbocycles. The van der Waals surface area contributed by atoms with Crippen LogP contribution >= 0.6 is 0 Å². The maximum Gasteiger partial charge on any atom is 0.240 e. The minimum atomic E-state index is -0.142. The number of amides is 1. The molecule has 5 heteroatoms. The molecule has 1 aliphatic carbocycles. The van der Waals surface area contributed by atoms with E-state index in [0.29, 0.717) is 6.54 Å². The molecule has 0 fully saturated rings. The second-order valence-electron chi connectivity index (χ2n) is 4.83. The second kappa shape index (κ2) is 6.00. The van der Waals surface area contributed by atoms with Crippen molar-refractivity contribution in [1.29, 1.82) is 0 Å². The molecule has 1 heterocycles. The second-order valence-corrected chi connectivity index (χ2v) is 4.83. The molecule has 0 spiro atoms. The summed E-state index contributed by atoms with van der Waals surface area (Å²) >= 11 is 0. The van der Waals surface area contributed by atoms with Crippen molar-refractivity contribution in [1.82, 2.24) is 14.9 Å². The number of aryl methyl sites for hydroxylation is 1. The molecule has 1 aromatic heterocycles. The van der Waals surface area contributed by atoms with Gasteiger partial charge < -0.3 is 15.0 Å². The van der Waals surface area contributed by atoms with Crippen LogP contribution in [-0.4, -0.2) is 33.2 Å². The standard InChI is InChI=1S/C13H21N3O2/c1-2-10(8-17)15-13(18)7-16-9-14-11-5-3-4-6-12(11)16/h9-10,17H,2-8H2,1H3,(H,15,18). The van der Waals surface area contributed by atoms with Gasteiger partial charge in [0, 0.05) is 5.69 Å². The Kier molecular flexibility index (Phi) is 4.36. The Morgan fingerprint density at radius 3 is 3.06 bits per heavy atom. The summed E-state index contributed by atoms with van der Waals surface area (Å²) in [7, 11) is 0. The van der Waals surface area contributed by atoms with Crippen LogP contribution in [0, 0.1) is 0 Å². The maximum absolute atomic E-state index is 11.9. The van der Waals surface area contributed by atoms with Crippen molar-refractivity contribution < 1.29 is 9.90 Å². The summed E-state index contributed by atoms with van der Waals surface area (Å²) in [6.45, 7) is 2.24. The maximum atomic E-state index is 11.9. The number of hydrogen-bond donors (Lipinski definition) is 2. The van der Waals surface area contributed by atoms with Gasteiger partial charge in [-0.1, -0.05) is 6.92 Å². The lowest BCUT2D eigenvalue weighted by Crippen LogP contribution is -2.39. The summed E-state index contributed by atoms with van der Waals surface area (Å²) in [5.41, 5.74) is 2.34. The van der Waals surface area contributed by atoms with Crippen LogP contribution < -0.4 is 5.32 Å². The molecule has 1 aliphatic rings.